The Morgan fingerprint density at radius 2 is 1.90 bits per heavy atom. The Morgan fingerprint density at radius 3 is 2.55 bits per heavy atom. The first-order valence-electron chi connectivity index (χ1n) is 6.46. The van der Waals surface area contributed by atoms with Crippen LogP contribution in [0.3, 0.4) is 0 Å². The standard InChI is InChI=1S/C13H14O7/c14-7(1-8-4-17-8)2-11-10(3-12(15)20-11)13(16)19-6-9-5-18-9/h3,8-9,11H,1-2,4-6H2. The number of rotatable bonds is 7. The van der Waals surface area contributed by atoms with Gasteiger partial charge in [-0.2, -0.15) is 0 Å². The van der Waals surface area contributed by atoms with E-state index >= 15 is 0 Å². The Hall–Kier alpha value is -1.73. The van der Waals surface area contributed by atoms with Gasteiger partial charge in [-0.3, -0.25) is 4.79 Å². The van der Waals surface area contributed by atoms with Gasteiger partial charge >= 0.3 is 11.9 Å². The van der Waals surface area contributed by atoms with Gasteiger partial charge in [-0.05, 0) is 0 Å². The SMILES string of the molecule is O=C(CC1CO1)CC1OC(=O)C=C1C(=O)OCC1CO1. The summed E-state index contributed by atoms with van der Waals surface area (Å²) in [7, 11) is 0. The minimum atomic E-state index is -0.846. The molecule has 2 saturated heterocycles. The molecule has 3 atom stereocenters. The van der Waals surface area contributed by atoms with Gasteiger partial charge in [0.1, 0.15) is 24.6 Å². The third kappa shape index (κ3) is 3.43. The number of hydrogen-bond donors (Lipinski definition) is 0. The molecule has 0 saturated carbocycles. The predicted octanol–water partition coefficient (Wildman–Crippen LogP) is -0.472. The quantitative estimate of drug-likeness (QED) is 0.460. The summed E-state index contributed by atoms with van der Waals surface area (Å²) in [6.45, 7) is 1.31. The summed E-state index contributed by atoms with van der Waals surface area (Å²) >= 11 is 0. The Balaban J connectivity index is 1.54. The van der Waals surface area contributed by atoms with Crippen LogP contribution in [0, 0.1) is 0 Å². The largest absolute Gasteiger partial charge is 0.459 e. The molecule has 0 aromatic rings. The highest BCUT2D eigenvalue weighted by Crippen LogP contribution is 2.23. The molecule has 3 rings (SSSR count). The van der Waals surface area contributed by atoms with Crippen molar-refractivity contribution in [3.63, 3.8) is 0 Å². The monoisotopic (exact) mass is 282 g/mol. The zero-order chi connectivity index (χ0) is 14.1. The summed E-state index contributed by atoms with van der Waals surface area (Å²) < 4.78 is 19.9. The van der Waals surface area contributed by atoms with E-state index in [1.165, 1.54) is 0 Å². The second-order valence-corrected chi connectivity index (χ2v) is 4.98. The van der Waals surface area contributed by atoms with Crippen LogP contribution >= 0.6 is 0 Å². The first-order valence-corrected chi connectivity index (χ1v) is 6.46. The van der Waals surface area contributed by atoms with Gasteiger partial charge in [0, 0.05) is 18.9 Å². The summed E-state index contributed by atoms with van der Waals surface area (Å²) in [5, 5.41) is 0. The molecule has 0 aliphatic carbocycles. The van der Waals surface area contributed by atoms with E-state index in [1.807, 2.05) is 0 Å². The van der Waals surface area contributed by atoms with E-state index in [0.29, 0.717) is 13.2 Å². The van der Waals surface area contributed by atoms with Crippen molar-refractivity contribution in [1.29, 1.82) is 0 Å². The molecule has 3 unspecified atom stereocenters. The Morgan fingerprint density at radius 1 is 1.20 bits per heavy atom. The lowest BCUT2D eigenvalue weighted by molar-refractivity contribution is -0.143. The molecule has 0 radical (unpaired) electrons. The molecule has 20 heavy (non-hydrogen) atoms. The van der Waals surface area contributed by atoms with E-state index < -0.39 is 18.0 Å². The molecule has 0 bridgehead atoms. The molecule has 0 spiro atoms. The zero-order valence-electron chi connectivity index (χ0n) is 10.7. The van der Waals surface area contributed by atoms with Crippen LogP contribution in [-0.4, -0.2) is 55.9 Å². The van der Waals surface area contributed by atoms with Crippen LogP contribution in [0.25, 0.3) is 0 Å². The molecule has 3 heterocycles. The number of ether oxygens (including phenoxy) is 4. The van der Waals surface area contributed by atoms with Gasteiger partial charge in [-0.1, -0.05) is 0 Å². The molecule has 0 aromatic carbocycles. The maximum absolute atomic E-state index is 11.8. The fraction of sp³-hybridized carbons (Fsp3) is 0.615. The average Bonchev–Trinajstić information content (AvgIpc) is 3.28. The molecule has 2 fully saturated rings. The number of epoxide rings is 2. The Kier molecular flexibility index (Phi) is 3.54. The van der Waals surface area contributed by atoms with Gasteiger partial charge in [0.2, 0.25) is 0 Å². The second kappa shape index (κ2) is 5.34. The van der Waals surface area contributed by atoms with Crippen LogP contribution in [-0.2, 0) is 33.3 Å². The lowest BCUT2D eigenvalue weighted by Crippen LogP contribution is -2.24. The smallest absolute Gasteiger partial charge is 0.338 e. The molecule has 7 nitrogen and oxygen atoms in total. The Labute approximate surface area is 114 Å². The van der Waals surface area contributed by atoms with E-state index in [2.05, 4.69) is 0 Å². The van der Waals surface area contributed by atoms with Gasteiger partial charge < -0.3 is 18.9 Å². The molecule has 0 aromatic heterocycles. The number of carbonyl (C=O) groups is 3. The minimum absolute atomic E-state index is 0.0214. The highest BCUT2D eigenvalue weighted by Gasteiger charge is 2.36. The summed E-state index contributed by atoms with van der Waals surface area (Å²) in [4.78, 5) is 34.8. The normalized spacial score (nSPS) is 30.5. The van der Waals surface area contributed by atoms with Crippen LogP contribution in [0.4, 0.5) is 0 Å². The lowest BCUT2D eigenvalue weighted by atomic mass is 10.0. The van der Waals surface area contributed by atoms with E-state index in [-0.39, 0.29) is 43.0 Å². The number of esters is 2. The molecule has 0 N–H and O–H groups in total. The second-order valence-electron chi connectivity index (χ2n) is 4.98. The molecule has 3 aliphatic rings. The minimum Gasteiger partial charge on any atom is -0.459 e. The van der Waals surface area contributed by atoms with Gasteiger partial charge in [0.15, 0.2) is 0 Å². The summed E-state index contributed by atoms with van der Waals surface area (Å²) in [6, 6.07) is 0. The number of carbonyl (C=O) groups excluding carboxylic acids is 3. The van der Waals surface area contributed by atoms with Crippen molar-refractivity contribution in [2.24, 2.45) is 0 Å². The summed E-state index contributed by atoms with van der Waals surface area (Å²) in [5.74, 6) is -1.36. The van der Waals surface area contributed by atoms with Crippen molar-refractivity contribution in [3.8, 4) is 0 Å². The third-order valence-electron chi connectivity index (χ3n) is 3.19. The van der Waals surface area contributed by atoms with E-state index in [0.717, 1.165) is 6.08 Å². The fourth-order valence-corrected chi connectivity index (χ4v) is 1.95. The van der Waals surface area contributed by atoms with Crippen molar-refractivity contribution in [1.82, 2.24) is 0 Å². The summed E-state index contributed by atoms with van der Waals surface area (Å²) in [5.41, 5.74) is 0.0979. The molecular formula is C13H14O7. The summed E-state index contributed by atoms with van der Waals surface area (Å²) in [6.07, 6.45) is 0.428. The first kappa shape index (κ1) is 13.3. The van der Waals surface area contributed by atoms with E-state index in [1.54, 1.807) is 0 Å². The fourth-order valence-electron chi connectivity index (χ4n) is 1.95. The van der Waals surface area contributed by atoms with Crippen LogP contribution in [0.1, 0.15) is 12.8 Å². The van der Waals surface area contributed by atoms with Gasteiger partial charge in [-0.25, -0.2) is 9.59 Å². The molecule has 108 valence electrons. The van der Waals surface area contributed by atoms with Crippen molar-refractivity contribution >= 4 is 17.7 Å². The van der Waals surface area contributed by atoms with E-state index in [9.17, 15) is 14.4 Å². The highest BCUT2D eigenvalue weighted by molar-refractivity contribution is 6.01. The average molecular weight is 282 g/mol. The van der Waals surface area contributed by atoms with Crippen LogP contribution in [0.15, 0.2) is 11.6 Å². The van der Waals surface area contributed by atoms with Crippen molar-refractivity contribution < 1.29 is 33.3 Å². The Bertz CT molecular complexity index is 473. The van der Waals surface area contributed by atoms with Crippen molar-refractivity contribution in [2.45, 2.75) is 31.2 Å². The predicted molar refractivity (Wildman–Crippen MR) is 62.6 cm³/mol. The highest BCUT2D eigenvalue weighted by atomic mass is 16.6. The van der Waals surface area contributed by atoms with Gasteiger partial charge in [0.05, 0.1) is 24.9 Å². The lowest BCUT2D eigenvalue weighted by Gasteiger charge is -2.12. The maximum Gasteiger partial charge on any atom is 0.338 e. The van der Waals surface area contributed by atoms with Gasteiger partial charge in [0.25, 0.3) is 0 Å². The topological polar surface area (TPSA) is 94.7 Å². The first-order chi connectivity index (χ1) is 9.61. The van der Waals surface area contributed by atoms with Crippen LogP contribution in [0.2, 0.25) is 0 Å². The number of Topliss-reactive ketones (excluding diaryl/α,β-unsaturated/α-hetero) is 1. The molecule has 7 heteroatoms. The van der Waals surface area contributed by atoms with Crippen molar-refractivity contribution in [2.75, 3.05) is 19.8 Å². The van der Waals surface area contributed by atoms with Crippen LogP contribution < -0.4 is 0 Å². The molecule has 0 amide bonds. The third-order valence-corrected chi connectivity index (χ3v) is 3.19. The van der Waals surface area contributed by atoms with Crippen molar-refractivity contribution in [3.05, 3.63) is 11.6 Å². The number of ketones is 1. The number of hydrogen-bond acceptors (Lipinski definition) is 7. The molecule has 3 aliphatic heterocycles. The van der Waals surface area contributed by atoms with Crippen LogP contribution in [0.5, 0.6) is 0 Å². The van der Waals surface area contributed by atoms with Gasteiger partial charge in [-0.15, -0.1) is 0 Å². The number of cyclic esters (lactones) is 1. The zero-order valence-corrected chi connectivity index (χ0v) is 10.7. The van der Waals surface area contributed by atoms with E-state index in [4.69, 9.17) is 18.9 Å². The maximum atomic E-state index is 11.8. The molecular weight excluding hydrogens is 268 g/mol.